The van der Waals surface area contributed by atoms with Crippen LogP contribution in [-0.4, -0.2) is 85.0 Å². The topological polar surface area (TPSA) is 138 Å². The van der Waals surface area contributed by atoms with Crippen molar-refractivity contribution in [1.82, 2.24) is 20.2 Å². The fourth-order valence-corrected chi connectivity index (χ4v) is 3.87. The number of amides is 3. The number of benzene rings is 1. The summed E-state index contributed by atoms with van der Waals surface area (Å²) in [5, 5.41) is 15.0. The number of rotatable bonds is 7. The first kappa shape index (κ1) is 39.7. The van der Waals surface area contributed by atoms with Gasteiger partial charge in [-0.05, 0) is 57.3 Å². The predicted octanol–water partition coefficient (Wildman–Crippen LogP) is 5.60. The molecule has 1 fully saturated rings. The Morgan fingerprint density at radius 3 is 1.94 bits per heavy atom. The first-order valence-corrected chi connectivity index (χ1v) is 14.0. The van der Waals surface area contributed by atoms with Crippen LogP contribution in [-0.2, 0) is 21.8 Å². The monoisotopic (exact) mass is 690 g/mol. The molecule has 1 saturated heterocycles. The Balaban J connectivity index is 0.000000269. The maximum Gasteiger partial charge on any atom is 0.418 e. The fraction of sp³-hybridized carbons (Fsp3) is 0.400. The van der Waals surface area contributed by atoms with Crippen molar-refractivity contribution in [3.05, 3.63) is 78.1 Å². The normalized spacial score (nSPS) is 16.8. The second-order valence-electron chi connectivity index (χ2n) is 9.99. The molecule has 0 spiro atoms. The molecule has 0 saturated carbocycles. The number of aliphatic hydroxyl groups is 1. The van der Waals surface area contributed by atoms with Crippen molar-refractivity contribution < 1.29 is 55.2 Å². The van der Waals surface area contributed by atoms with Crippen LogP contribution >= 0.6 is 0 Å². The highest BCUT2D eigenvalue weighted by molar-refractivity contribution is 5.94. The third kappa shape index (κ3) is 11.3. The number of hydrogen-bond donors (Lipinski definition) is 3. The van der Waals surface area contributed by atoms with Crippen LogP contribution in [0.25, 0.3) is 0 Å². The lowest BCUT2D eigenvalue weighted by Gasteiger charge is -2.19. The van der Waals surface area contributed by atoms with E-state index in [1.807, 2.05) is 14.0 Å². The Hall–Kier alpha value is -4.52. The van der Waals surface area contributed by atoms with Gasteiger partial charge in [-0.3, -0.25) is 5.32 Å². The number of carbonyl (C=O) groups excluding carboxylic acids is 2. The third-order valence-electron chi connectivity index (χ3n) is 6.73. The predicted molar refractivity (Wildman–Crippen MR) is 162 cm³/mol. The summed E-state index contributed by atoms with van der Waals surface area (Å²) in [4.78, 5) is 32.8. The average molecular weight is 691 g/mol. The molecular weight excluding hydrogens is 654 g/mol. The zero-order valence-corrected chi connectivity index (χ0v) is 26.7. The molecule has 18 heteroatoms. The standard InChI is InChI=1S/C13H9F3N2O2.C11H12F3N3O2.C6H15NO2/c14-13(15,16)9-6-7-17-11(8-9)18-12(19)20-10-4-2-1-3-5-10;1-6-9(18)17(10(19)16(6)2)8-5-7(3-4-15-8)11(12,13)14;1-5(7-2)6(8-3)9-4/h1-8H,(H,17,18,19);3-6,9,18H,1-2H3;5-7H,1-4H3. The maximum absolute atomic E-state index is 12.6. The van der Waals surface area contributed by atoms with Crippen LogP contribution in [0.5, 0.6) is 5.75 Å². The average Bonchev–Trinajstić information content (AvgIpc) is 3.23. The lowest BCUT2D eigenvalue weighted by Crippen LogP contribution is -2.37. The largest absolute Gasteiger partial charge is 0.418 e. The second-order valence-corrected chi connectivity index (χ2v) is 9.99. The number of nitrogens with one attached hydrogen (secondary N) is 2. The molecule has 3 atom stereocenters. The van der Waals surface area contributed by atoms with Crippen molar-refractivity contribution in [2.24, 2.45) is 0 Å². The number of likely N-dealkylation sites (N-methyl/N-ethyl adjacent to an activating group) is 2. The number of pyridine rings is 2. The van der Waals surface area contributed by atoms with Crippen molar-refractivity contribution in [3.63, 3.8) is 0 Å². The summed E-state index contributed by atoms with van der Waals surface area (Å²) in [5.41, 5.74) is -1.82. The molecule has 1 aliphatic rings. The van der Waals surface area contributed by atoms with Gasteiger partial charge in [0.1, 0.15) is 17.4 Å². The molecule has 4 rings (SSSR count). The van der Waals surface area contributed by atoms with E-state index in [2.05, 4.69) is 20.6 Å². The van der Waals surface area contributed by atoms with E-state index in [1.165, 1.54) is 11.9 Å². The number of para-hydroxylation sites is 1. The molecule has 3 amide bonds. The maximum atomic E-state index is 12.6. The van der Waals surface area contributed by atoms with Crippen molar-refractivity contribution in [1.29, 1.82) is 0 Å². The Labute approximate surface area is 272 Å². The number of methoxy groups -OCH3 is 2. The number of ether oxygens (including phenoxy) is 3. The Kier molecular flexibility index (Phi) is 14.5. The van der Waals surface area contributed by atoms with Gasteiger partial charge in [0.15, 0.2) is 12.5 Å². The lowest BCUT2D eigenvalue weighted by molar-refractivity contribution is -0.138. The summed E-state index contributed by atoms with van der Waals surface area (Å²) in [6, 6.07) is 10.3. The first-order chi connectivity index (χ1) is 22.4. The van der Waals surface area contributed by atoms with E-state index in [4.69, 9.17) is 14.2 Å². The summed E-state index contributed by atoms with van der Waals surface area (Å²) >= 11 is 0. The van der Waals surface area contributed by atoms with E-state index < -0.39 is 47.9 Å². The van der Waals surface area contributed by atoms with Gasteiger partial charge in [0.25, 0.3) is 0 Å². The number of alkyl halides is 6. The van der Waals surface area contributed by atoms with Crippen LogP contribution in [0.3, 0.4) is 0 Å². The molecule has 3 aromatic rings. The van der Waals surface area contributed by atoms with Crippen molar-refractivity contribution in [2.45, 2.75) is 50.8 Å². The highest BCUT2D eigenvalue weighted by Gasteiger charge is 2.42. The van der Waals surface area contributed by atoms with Crippen molar-refractivity contribution >= 4 is 23.8 Å². The molecule has 3 N–H and O–H groups in total. The van der Waals surface area contributed by atoms with E-state index in [0.29, 0.717) is 0 Å². The van der Waals surface area contributed by atoms with Crippen molar-refractivity contribution in [3.8, 4) is 5.75 Å². The van der Waals surface area contributed by atoms with E-state index in [1.54, 1.807) is 51.5 Å². The first-order valence-electron chi connectivity index (χ1n) is 14.0. The van der Waals surface area contributed by atoms with Gasteiger partial charge in [0.2, 0.25) is 0 Å². The summed E-state index contributed by atoms with van der Waals surface area (Å²) < 4.78 is 90.0. The van der Waals surface area contributed by atoms with E-state index in [-0.39, 0.29) is 29.7 Å². The van der Waals surface area contributed by atoms with E-state index >= 15 is 0 Å². The molecule has 0 bridgehead atoms. The quantitative estimate of drug-likeness (QED) is 0.214. The fourth-order valence-electron chi connectivity index (χ4n) is 3.87. The van der Waals surface area contributed by atoms with Gasteiger partial charge < -0.3 is 29.5 Å². The van der Waals surface area contributed by atoms with Crippen LogP contribution in [0.15, 0.2) is 67.0 Å². The van der Waals surface area contributed by atoms with E-state index in [0.717, 1.165) is 41.6 Å². The number of urea groups is 1. The smallest absolute Gasteiger partial charge is 0.410 e. The Morgan fingerprint density at radius 2 is 1.48 bits per heavy atom. The molecule has 0 aliphatic carbocycles. The van der Waals surface area contributed by atoms with Crippen LogP contribution in [0.2, 0.25) is 0 Å². The molecule has 48 heavy (non-hydrogen) atoms. The van der Waals surface area contributed by atoms with Crippen molar-refractivity contribution in [2.75, 3.05) is 38.5 Å². The van der Waals surface area contributed by atoms with E-state index in [9.17, 15) is 41.0 Å². The Bertz CT molecular complexity index is 1460. The minimum absolute atomic E-state index is 0.144. The van der Waals surface area contributed by atoms with Gasteiger partial charge in [-0.15, -0.1) is 0 Å². The number of hydrogen-bond acceptors (Lipinski definition) is 9. The highest BCUT2D eigenvalue weighted by Crippen LogP contribution is 2.33. The number of nitrogens with zero attached hydrogens (tertiary/aromatic N) is 4. The molecule has 0 radical (unpaired) electrons. The van der Waals surface area contributed by atoms with Gasteiger partial charge in [0, 0.05) is 33.7 Å². The number of anilines is 2. The van der Waals surface area contributed by atoms with Gasteiger partial charge >= 0.3 is 24.5 Å². The number of aromatic nitrogens is 2. The summed E-state index contributed by atoms with van der Waals surface area (Å²) in [5.74, 6) is -0.179. The molecule has 1 aliphatic heterocycles. The zero-order valence-electron chi connectivity index (χ0n) is 26.7. The Morgan fingerprint density at radius 1 is 0.938 bits per heavy atom. The minimum atomic E-state index is -4.52. The lowest BCUT2D eigenvalue weighted by atomic mass is 10.2. The molecule has 3 heterocycles. The zero-order chi connectivity index (χ0) is 36.2. The van der Waals surface area contributed by atoms with Gasteiger partial charge in [-0.25, -0.2) is 24.5 Å². The summed E-state index contributed by atoms with van der Waals surface area (Å²) in [6.07, 6.45) is -9.39. The minimum Gasteiger partial charge on any atom is -0.410 e. The molecule has 12 nitrogen and oxygen atoms in total. The second kappa shape index (κ2) is 17.6. The van der Waals surface area contributed by atoms with Gasteiger partial charge in [0.05, 0.1) is 23.2 Å². The molecule has 3 unspecified atom stereocenters. The number of carbonyl (C=O) groups is 2. The van der Waals surface area contributed by atoms with Gasteiger partial charge in [-0.2, -0.15) is 26.3 Å². The molecule has 2 aromatic heterocycles. The molecule has 264 valence electrons. The number of halogens is 6. The SMILES string of the molecule is CC1C(O)N(c2cc(C(F)(F)F)ccn2)C(=O)N1C.CNC(C)C(OC)OC.O=C(Nc1cc(C(F)(F)F)ccn1)Oc1ccccc1. The number of aliphatic hydroxyl groups excluding tert-OH is 1. The highest BCUT2D eigenvalue weighted by atomic mass is 19.4. The third-order valence-corrected chi connectivity index (χ3v) is 6.73. The summed E-state index contributed by atoms with van der Waals surface area (Å²) in [6.45, 7) is 3.59. The van der Waals surface area contributed by atoms with Crippen LogP contribution in [0.4, 0.5) is 47.6 Å². The molecule has 1 aromatic carbocycles. The molecular formula is C30H36F6N6O6. The van der Waals surface area contributed by atoms with Gasteiger partial charge in [-0.1, -0.05) is 18.2 Å². The summed E-state index contributed by atoms with van der Waals surface area (Å²) in [7, 11) is 6.59. The van der Waals surface area contributed by atoms with Crippen LogP contribution in [0, 0.1) is 0 Å². The van der Waals surface area contributed by atoms with Crippen LogP contribution < -0.4 is 20.3 Å². The van der Waals surface area contributed by atoms with Crippen LogP contribution in [0.1, 0.15) is 25.0 Å².